The van der Waals surface area contributed by atoms with E-state index in [4.69, 9.17) is 9.84 Å². The van der Waals surface area contributed by atoms with Crippen molar-refractivity contribution in [2.24, 2.45) is 0 Å². The number of rotatable bonds is 6. The van der Waals surface area contributed by atoms with Gasteiger partial charge in [-0.3, -0.25) is 14.4 Å². The second-order valence-corrected chi connectivity index (χ2v) is 4.04. The van der Waals surface area contributed by atoms with E-state index in [2.05, 4.69) is 10.6 Å². The molecule has 0 spiro atoms. The first-order valence-electron chi connectivity index (χ1n) is 5.88. The lowest BCUT2D eigenvalue weighted by atomic mass is 10.2. The fourth-order valence-corrected chi connectivity index (χ4v) is 1.38. The molecule has 1 aromatic carbocycles. The Labute approximate surface area is 115 Å². The lowest BCUT2D eigenvalue weighted by Crippen LogP contribution is -2.44. The summed E-state index contributed by atoms with van der Waals surface area (Å²) in [7, 11) is 1.48. The molecular weight excluding hydrogens is 264 g/mol. The van der Waals surface area contributed by atoms with Gasteiger partial charge in [-0.1, -0.05) is 6.07 Å². The van der Waals surface area contributed by atoms with Crippen molar-refractivity contribution in [3.8, 4) is 5.75 Å². The predicted molar refractivity (Wildman–Crippen MR) is 70.6 cm³/mol. The number of hydrogen-bond acceptors (Lipinski definition) is 4. The van der Waals surface area contributed by atoms with E-state index in [1.54, 1.807) is 18.2 Å². The van der Waals surface area contributed by atoms with Crippen molar-refractivity contribution in [3.05, 3.63) is 29.8 Å². The van der Waals surface area contributed by atoms with Crippen LogP contribution >= 0.6 is 0 Å². The third kappa shape index (κ3) is 4.60. The molecule has 0 saturated heterocycles. The molecule has 108 valence electrons. The maximum Gasteiger partial charge on any atom is 0.325 e. The van der Waals surface area contributed by atoms with Gasteiger partial charge in [-0.05, 0) is 25.1 Å². The molecule has 0 bridgehead atoms. The quantitative estimate of drug-likeness (QED) is 0.681. The molecule has 20 heavy (non-hydrogen) atoms. The third-order valence-electron chi connectivity index (χ3n) is 2.49. The third-order valence-corrected chi connectivity index (χ3v) is 2.49. The summed E-state index contributed by atoms with van der Waals surface area (Å²) in [6.45, 7) is 1.04. The van der Waals surface area contributed by atoms with E-state index in [0.717, 1.165) is 0 Å². The highest BCUT2D eigenvalue weighted by molar-refractivity contribution is 5.97. The minimum atomic E-state index is -1.14. The zero-order chi connectivity index (χ0) is 15.1. The number of carbonyl (C=O) groups is 3. The summed E-state index contributed by atoms with van der Waals surface area (Å²) in [5.74, 6) is -1.63. The SMILES string of the molecule is COc1cccc(C(=O)NCC(=O)N[C@@H](C)C(=O)O)c1. The van der Waals surface area contributed by atoms with Gasteiger partial charge in [0.15, 0.2) is 0 Å². The fraction of sp³-hybridized carbons (Fsp3) is 0.308. The zero-order valence-corrected chi connectivity index (χ0v) is 11.2. The molecule has 0 fully saturated rings. The first-order valence-corrected chi connectivity index (χ1v) is 5.88. The number of aliphatic carboxylic acids is 1. The number of amides is 2. The molecule has 0 saturated carbocycles. The molecule has 1 rings (SSSR count). The molecule has 0 aromatic heterocycles. The molecule has 3 N–H and O–H groups in total. The van der Waals surface area contributed by atoms with Crippen LogP contribution in [0, 0.1) is 0 Å². The second kappa shape index (κ2) is 7.13. The molecule has 7 heteroatoms. The van der Waals surface area contributed by atoms with Crippen LogP contribution in [-0.4, -0.2) is 42.6 Å². The Balaban J connectivity index is 2.50. The van der Waals surface area contributed by atoms with Crippen molar-refractivity contribution in [1.29, 1.82) is 0 Å². The van der Waals surface area contributed by atoms with Gasteiger partial charge in [0, 0.05) is 5.56 Å². The highest BCUT2D eigenvalue weighted by atomic mass is 16.5. The minimum Gasteiger partial charge on any atom is -0.497 e. The topological polar surface area (TPSA) is 105 Å². The fourth-order valence-electron chi connectivity index (χ4n) is 1.38. The first-order chi connectivity index (χ1) is 9.43. The van der Waals surface area contributed by atoms with Crippen molar-refractivity contribution in [2.75, 3.05) is 13.7 Å². The molecule has 0 unspecified atom stereocenters. The van der Waals surface area contributed by atoms with Gasteiger partial charge in [0.2, 0.25) is 5.91 Å². The number of methoxy groups -OCH3 is 1. The van der Waals surface area contributed by atoms with Crippen LogP contribution in [0.1, 0.15) is 17.3 Å². The highest BCUT2D eigenvalue weighted by Gasteiger charge is 2.14. The second-order valence-electron chi connectivity index (χ2n) is 4.04. The Bertz CT molecular complexity index is 515. The van der Waals surface area contributed by atoms with Gasteiger partial charge in [-0.25, -0.2) is 0 Å². The summed E-state index contributed by atoms with van der Waals surface area (Å²) < 4.78 is 4.99. The Kier molecular flexibility index (Phi) is 5.52. The first kappa shape index (κ1) is 15.5. The van der Waals surface area contributed by atoms with E-state index in [1.807, 2.05) is 0 Å². The van der Waals surface area contributed by atoms with Gasteiger partial charge in [0.1, 0.15) is 11.8 Å². The smallest absolute Gasteiger partial charge is 0.325 e. The van der Waals surface area contributed by atoms with Gasteiger partial charge in [-0.2, -0.15) is 0 Å². The van der Waals surface area contributed by atoms with Gasteiger partial charge < -0.3 is 20.5 Å². The van der Waals surface area contributed by atoms with Gasteiger partial charge in [0.05, 0.1) is 13.7 Å². The lowest BCUT2D eigenvalue weighted by molar-refractivity contribution is -0.141. The molecule has 2 amide bonds. The van der Waals surface area contributed by atoms with Crippen molar-refractivity contribution in [2.45, 2.75) is 13.0 Å². The number of carboxylic acid groups (broad SMARTS) is 1. The number of nitrogens with one attached hydrogen (secondary N) is 2. The number of hydrogen-bond donors (Lipinski definition) is 3. The van der Waals surface area contributed by atoms with Crippen LogP contribution in [-0.2, 0) is 9.59 Å². The van der Waals surface area contributed by atoms with Gasteiger partial charge in [0.25, 0.3) is 5.91 Å². The number of carboxylic acids is 1. The Morgan fingerprint density at radius 3 is 2.65 bits per heavy atom. The molecule has 0 heterocycles. The van der Waals surface area contributed by atoms with Crippen molar-refractivity contribution in [1.82, 2.24) is 10.6 Å². The highest BCUT2D eigenvalue weighted by Crippen LogP contribution is 2.12. The summed E-state index contributed by atoms with van der Waals surface area (Å²) in [5.41, 5.74) is 0.350. The van der Waals surface area contributed by atoms with Crippen LogP contribution in [0.5, 0.6) is 5.75 Å². The van der Waals surface area contributed by atoms with Crippen molar-refractivity contribution < 1.29 is 24.2 Å². The van der Waals surface area contributed by atoms with E-state index >= 15 is 0 Å². The van der Waals surface area contributed by atoms with Gasteiger partial charge >= 0.3 is 5.97 Å². The standard InChI is InChI=1S/C13H16N2O5/c1-8(13(18)19)15-11(16)7-14-12(17)9-4-3-5-10(6-9)20-2/h3-6,8H,7H2,1-2H3,(H,14,17)(H,15,16)(H,18,19)/t8-/m0/s1. The lowest BCUT2D eigenvalue weighted by Gasteiger charge is -2.10. The minimum absolute atomic E-state index is 0.298. The number of ether oxygens (including phenoxy) is 1. The van der Waals surface area contributed by atoms with Crippen LogP contribution < -0.4 is 15.4 Å². The summed E-state index contributed by atoms with van der Waals surface area (Å²) >= 11 is 0. The molecule has 0 aliphatic rings. The maximum absolute atomic E-state index is 11.8. The van der Waals surface area contributed by atoms with Crippen LogP contribution in [0.2, 0.25) is 0 Å². The molecule has 7 nitrogen and oxygen atoms in total. The average molecular weight is 280 g/mol. The molecule has 0 aliphatic heterocycles. The van der Waals surface area contributed by atoms with E-state index in [9.17, 15) is 14.4 Å². The van der Waals surface area contributed by atoms with Crippen LogP contribution in [0.4, 0.5) is 0 Å². The monoisotopic (exact) mass is 280 g/mol. The zero-order valence-electron chi connectivity index (χ0n) is 11.2. The molecular formula is C13H16N2O5. The molecule has 1 atom stereocenters. The average Bonchev–Trinajstić information content (AvgIpc) is 2.44. The van der Waals surface area contributed by atoms with Crippen molar-refractivity contribution >= 4 is 17.8 Å². The van der Waals surface area contributed by atoms with Crippen molar-refractivity contribution in [3.63, 3.8) is 0 Å². The van der Waals surface area contributed by atoms with E-state index in [1.165, 1.54) is 20.1 Å². The largest absolute Gasteiger partial charge is 0.497 e. The van der Waals surface area contributed by atoms with E-state index in [0.29, 0.717) is 11.3 Å². The Morgan fingerprint density at radius 2 is 2.05 bits per heavy atom. The normalized spacial score (nSPS) is 11.3. The Morgan fingerprint density at radius 1 is 1.35 bits per heavy atom. The van der Waals surface area contributed by atoms with Crippen LogP contribution in [0.3, 0.4) is 0 Å². The van der Waals surface area contributed by atoms with E-state index in [-0.39, 0.29) is 6.54 Å². The molecule has 0 radical (unpaired) electrons. The predicted octanol–water partition coefficient (Wildman–Crippen LogP) is 0.0143. The summed E-state index contributed by atoms with van der Waals surface area (Å²) in [6, 6.07) is 5.46. The van der Waals surface area contributed by atoms with Crippen LogP contribution in [0.15, 0.2) is 24.3 Å². The van der Waals surface area contributed by atoms with E-state index < -0.39 is 23.8 Å². The number of carbonyl (C=O) groups excluding carboxylic acids is 2. The molecule has 1 aromatic rings. The maximum atomic E-state index is 11.8. The van der Waals surface area contributed by atoms with Gasteiger partial charge in [-0.15, -0.1) is 0 Å². The molecule has 0 aliphatic carbocycles. The summed E-state index contributed by atoms with van der Waals surface area (Å²) in [4.78, 5) is 33.7. The summed E-state index contributed by atoms with van der Waals surface area (Å²) in [5, 5.41) is 13.3. The summed E-state index contributed by atoms with van der Waals surface area (Å²) in [6.07, 6.45) is 0. The Hall–Kier alpha value is -2.57. The number of benzene rings is 1. The van der Waals surface area contributed by atoms with Crippen LogP contribution in [0.25, 0.3) is 0 Å².